The van der Waals surface area contributed by atoms with Crippen LogP contribution in [0.1, 0.15) is 43.2 Å². The molecule has 0 heterocycles. The van der Waals surface area contributed by atoms with Crippen molar-refractivity contribution in [2.24, 2.45) is 0 Å². The van der Waals surface area contributed by atoms with Gasteiger partial charge in [-0.2, -0.15) is 13.2 Å². The van der Waals surface area contributed by atoms with E-state index in [0.717, 1.165) is 31.2 Å². The molecule has 0 aromatic heterocycles. The number of halogens is 3. The normalized spacial score (nSPS) is 19.8. The lowest BCUT2D eigenvalue weighted by Gasteiger charge is -2.38. The summed E-state index contributed by atoms with van der Waals surface area (Å²) >= 11 is 0. The highest BCUT2D eigenvalue weighted by Crippen LogP contribution is 2.38. The number of alkyl halides is 3. The van der Waals surface area contributed by atoms with E-state index in [-0.39, 0.29) is 5.54 Å². The second-order valence-electron chi connectivity index (χ2n) is 4.97. The van der Waals surface area contributed by atoms with Crippen molar-refractivity contribution < 1.29 is 13.2 Å². The average molecular weight is 257 g/mol. The van der Waals surface area contributed by atoms with Gasteiger partial charge in [-0.15, -0.1) is 0 Å². The van der Waals surface area contributed by atoms with Crippen LogP contribution in [0.5, 0.6) is 0 Å². The highest BCUT2D eigenvalue weighted by atomic mass is 19.4. The molecule has 0 amide bonds. The van der Waals surface area contributed by atoms with Gasteiger partial charge in [-0.25, -0.2) is 0 Å². The number of hydrogen-bond acceptors (Lipinski definition) is 1. The Kier molecular flexibility index (Phi) is 3.66. The molecule has 18 heavy (non-hydrogen) atoms. The summed E-state index contributed by atoms with van der Waals surface area (Å²) in [5, 5.41) is 3.31. The van der Waals surface area contributed by atoms with Gasteiger partial charge in [-0.05, 0) is 37.6 Å². The molecule has 0 bridgehead atoms. The maximum absolute atomic E-state index is 12.5. The van der Waals surface area contributed by atoms with Crippen LogP contribution in [0.4, 0.5) is 13.2 Å². The van der Waals surface area contributed by atoms with Gasteiger partial charge in [0.2, 0.25) is 0 Å². The standard InChI is InChI=1S/C14H18F3N/c1-18-13(9-3-2-4-10-13)11-5-7-12(8-6-11)14(15,16)17/h5-8,18H,2-4,9-10H2,1H3. The molecule has 1 N–H and O–H groups in total. The van der Waals surface area contributed by atoms with Gasteiger partial charge in [0.1, 0.15) is 0 Å². The van der Waals surface area contributed by atoms with Gasteiger partial charge in [0, 0.05) is 5.54 Å². The van der Waals surface area contributed by atoms with E-state index in [1.54, 1.807) is 12.1 Å². The van der Waals surface area contributed by atoms with Crippen molar-refractivity contribution in [3.05, 3.63) is 35.4 Å². The molecule has 1 fully saturated rings. The van der Waals surface area contributed by atoms with Crippen molar-refractivity contribution in [1.29, 1.82) is 0 Å². The quantitative estimate of drug-likeness (QED) is 0.841. The van der Waals surface area contributed by atoms with E-state index >= 15 is 0 Å². The zero-order valence-electron chi connectivity index (χ0n) is 10.5. The molecule has 2 rings (SSSR count). The highest BCUT2D eigenvalue weighted by molar-refractivity contribution is 5.30. The summed E-state index contributed by atoms with van der Waals surface area (Å²) in [6, 6.07) is 5.60. The first kappa shape index (κ1) is 13.4. The van der Waals surface area contributed by atoms with E-state index in [2.05, 4.69) is 5.32 Å². The summed E-state index contributed by atoms with van der Waals surface area (Å²) < 4.78 is 37.6. The van der Waals surface area contributed by atoms with Crippen LogP contribution in [0, 0.1) is 0 Å². The number of rotatable bonds is 2. The molecular formula is C14H18F3N. The summed E-state index contributed by atoms with van der Waals surface area (Å²) in [4.78, 5) is 0. The molecule has 1 aromatic carbocycles. The summed E-state index contributed by atoms with van der Waals surface area (Å²) in [7, 11) is 1.89. The molecule has 0 saturated heterocycles. The first-order valence-electron chi connectivity index (χ1n) is 6.35. The van der Waals surface area contributed by atoms with E-state index in [9.17, 15) is 13.2 Å². The lowest BCUT2D eigenvalue weighted by molar-refractivity contribution is -0.137. The van der Waals surface area contributed by atoms with E-state index in [1.807, 2.05) is 7.05 Å². The highest BCUT2D eigenvalue weighted by Gasteiger charge is 2.34. The van der Waals surface area contributed by atoms with Crippen LogP contribution in [-0.4, -0.2) is 7.05 Å². The van der Waals surface area contributed by atoms with Crippen LogP contribution in [0.15, 0.2) is 24.3 Å². The van der Waals surface area contributed by atoms with Gasteiger partial charge in [-0.1, -0.05) is 31.4 Å². The van der Waals surface area contributed by atoms with Crippen LogP contribution in [-0.2, 0) is 11.7 Å². The van der Waals surface area contributed by atoms with Gasteiger partial charge >= 0.3 is 6.18 Å². The van der Waals surface area contributed by atoms with Crippen molar-refractivity contribution in [3.63, 3.8) is 0 Å². The smallest absolute Gasteiger partial charge is 0.310 e. The third-order valence-electron chi connectivity index (χ3n) is 3.95. The second-order valence-corrected chi connectivity index (χ2v) is 4.97. The largest absolute Gasteiger partial charge is 0.416 e. The number of nitrogens with one attached hydrogen (secondary N) is 1. The molecule has 0 aliphatic heterocycles. The summed E-state index contributed by atoms with van der Waals surface area (Å²) in [5.41, 5.74) is 0.258. The zero-order valence-corrected chi connectivity index (χ0v) is 10.5. The minimum Gasteiger partial charge on any atom is -0.310 e. The van der Waals surface area contributed by atoms with Crippen molar-refractivity contribution in [2.45, 2.75) is 43.8 Å². The Bertz CT molecular complexity index is 388. The molecule has 0 unspecified atom stereocenters. The van der Waals surface area contributed by atoms with Gasteiger partial charge in [0.15, 0.2) is 0 Å². The number of benzene rings is 1. The van der Waals surface area contributed by atoms with Crippen LogP contribution >= 0.6 is 0 Å². The predicted octanol–water partition coefficient (Wildman–Crippen LogP) is 4.08. The third-order valence-corrected chi connectivity index (χ3v) is 3.95. The molecule has 100 valence electrons. The maximum atomic E-state index is 12.5. The maximum Gasteiger partial charge on any atom is 0.416 e. The Morgan fingerprint density at radius 2 is 1.56 bits per heavy atom. The molecule has 1 nitrogen and oxygen atoms in total. The Balaban J connectivity index is 2.27. The third kappa shape index (κ3) is 2.53. The summed E-state index contributed by atoms with van der Waals surface area (Å²) in [6.45, 7) is 0. The van der Waals surface area contributed by atoms with Crippen LogP contribution in [0.25, 0.3) is 0 Å². The Labute approximate surface area is 105 Å². The molecule has 0 atom stereocenters. The van der Waals surface area contributed by atoms with Crippen LogP contribution in [0.3, 0.4) is 0 Å². The first-order chi connectivity index (χ1) is 8.48. The summed E-state index contributed by atoms with van der Waals surface area (Å²) in [6.07, 6.45) is 1.20. The van der Waals surface area contributed by atoms with E-state index in [0.29, 0.717) is 0 Å². The van der Waals surface area contributed by atoms with Crippen molar-refractivity contribution in [2.75, 3.05) is 7.05 Å². The fourth-order valence-electron chi connectivity index (χ4n) is 2.82. The van der Waals surface area contributed by atoms with E-state index < -0.39 is 11.7 Å². The fraction of sp³-hybridized carbons (Fsp3) is 0.571. The SMILES string of the molecule is CNC1(c2ccc(C(F)(F)F)cc2)CCCCC1. The predicted molar refractivity (Wildman–Crippen MR) is 65.3 cm³/mol. The average Bonchev–Trinajstić information content (AvgIpc) is 2.39. The van der Waals surface area contributed by atoms with E-state index in [1.165, 1.54) is 18.6 Å². The lowest BCUT2D eigenvalue weighted by Crippen LogP contribution is -2.41. The Morgan fingerprint density at radius 3 is 2.00 bits per heavy atom. The number of hydrogen-bond donors (Lipinski definition) is 1. The van der Waals surface area contributed by atoms with E-state index in [4.69, 9.17) is 0 Å². The summed E-state index contributed by atoms with van der Waals surface area (Å²) in [5.74, 6) is 0. The minimum atomic E-state index is -4.25. The fourth-order valence-corrected chi connectivity index (χ4v) is 2.82. The minimum absolute atomic E-state index is 0.137. The molecule has 1 aliphatic rings. The van der Waals surface area contributed by atoms with Gasteiger partial charge in [0.25, 0.3) is 0 Å². The molecule has 1 saturated carbocycles. The first-order valence-corrected chi connectivity index (χ1v) is 6.35. The molecule has 1 aliphatic carbocycles. The van der Waals surface area contributed by atoms with Crippen molar-refractivity contribution in [3.8, 4) is 0 Å². The molecule has 4 heteroatoms. The molecule has 0 spiro atoms. The van der Waals surface area contributed by atoms with Gasteiger partial charge in [0.05, 0.1) is 5.56 Å². The van der Waals surface area contributed by atoms with Crippen molar-refractivity contribution >= 4 is 0 Å². The zero-order chi connectivity index (χ0) is 13.2. The Hall–Kier alpha value is -1.03. The molecular weight excluding hydrogens is 239 g/mol. The molecule has 0 radical (unpaired) electrons. The second kappa shape index (κ2) is 4.92. The lowest BCUT2D eigenvalue weighted by atomic mass is 9.76. The van der Waals surface area contributed by atoms with Crippen molar-refractivity contribution in [1.82, 2.24) is 5.32 Å². The monoisotopic (exact) mass is 257 g/mol. The van der Waals surface area contributed by atoms with Gasteiger partial charge in [-0.3, -0.25) is 0 Å². The van der Waals surface area contributed by atoms with Gasteiger partial charge < -0.3 is 5.32 Å². The Morgan fingerprint density at radius 1 is 1.00 bits per heavy atom. The topological polar surface area (TPSA) is 12.0 Å². The van der Waals surface area contributed by atoms with Crippen LogP contribution < -0.4 is 5.32 Å². The van der Waals surface area contributed by atoms with Crippen LogP contribution in [0.2, 0.25) is 0 Å². The molecule has 1 aromatic rings.